The molecule has 1 aliphatic rings. The summed E-state index contributed by atoms with van der Waals surface area (Å²) < 4.78 is 41.3. The highest BCUT2D eigenvalue weighted by atomic mass is 19.4. The molecule has 0 radical (unpaired) electrons. The zero-order valence-electron chi connectivity index (χ0n) is 17.9. The van der Waals surface area contributed by atoms with Crippen LogP contribution in [0, 0.1) is 0 Å². The highest BCUT2D eigenvalue weighted by Gasteiger charge is 2.36. The van der Waals surface area contributed by atoms with Crippen LogP contribution in [0.5, 0.6) is 5.75 Å². The summed E-state index contributed by atoms with van der Waals surface area (Å²) in [5, 5.41) is 0. The smallest absolute Gasteiger partial charge is 0.406 e. The Bertz CT molecular complexity index is 599. The number of alkyl halides is 3. The summed E-state index contributed by atoms with van der Waals surface area (Å²) in [6, 6.07) is 7.03. The number of nitrogens with zero attached hydrogens (tertiary/aromatic N) is 2. The molecule has 1 aromatic rings. The van der Waals surface area contributed by atoms with E-state index in [4.69, 9.17) is 0 Å². The van der Waals surface area contributed by atoms with Gasteiger partial charge in [-0.05, 0) is 50.8 Å². The van der Waals surface area contributed by atoms with Crippen LogP contribution < -0.4 is 4.74 Å². The van der Waals surface area contributed by atoms with Crippen LogP contribution in [0.1, 0.15) is 71.9 Å². The van der Waals surface area contributed by atoms with Crippen molar-refractivity contribution in [2.75, 3.05) is 19.6 Å². The van der Waals surface area contributed by atoms with Gasteiger partial charge in [0.05, 0.1) is 0 Å². The summed E-state index contributed by atoms with van der Waals surface area (Å²) in [4.78, 5) is 5.13. The lowest BCUT2D eigenvalue weighted by Gasteiger charge is -2.50. The average Bonchev–Trinajstić information content (AvgIpc) is 2.65. The fraction of sp³-hybridized carbons (Fsp3) is 0.727. The van der Waals surface area contributed by atoms with Gasteiger partial charge in [0, 0.05) is 37.3 Å². The van der Waals surface area contributed by atoms with Crippen LogP contribution in [0.2, 0.25) is 0 Å². The first-order valence-corrected chi connectivity index (χ1v) is 10.5. The van der Waals surface area contributed by atoms with Gasteiger partial charge in [-0.25, -0.2) is 0 Å². The van der Waals surface area contributed by atoms with E-state index < -0.39 is 6.36 Å². The molecule has 0 aromatic heterocycles. The third-order valence-corrected chi connectivity index (χ3v) is 6.43. The molecule has 0 spiro atoms. The third kappa shape index (κ3) is 5.63. The number of hydrogen-bond donors (Lipinski definition) is 0. The Hall–Kier alpha value is -1.27. The van der Waals surface area contributed by atoms with E-state index >= 15 is 0 Å². The molecule has 3 nitrogen and oxygen atoms in total. The van der Waals surface area contributed by atoms with Crippen LogP contribution in [-0.2, 0) is 0 Å². The van der Waals surface area contributed by atoms with Crippen molar-refractivity contribution in [2.45, 2.75) is 84.3 Å². The predicted octanol–water partition coefficient (Wildman–Crippen LogP) is 6.01. The molecular weight excluding hydrogens is 365 g/mol. The lowest BCUT2D eigenvalue weighted by molar-refractivity contribution is -0.274. The van der Waals surface area contributed by atoms with Gasteiger partial charge in [-0.1, -0.05) is 39.3 Å². The molecule has 1 aromatic carbocycles. The zero-order chi connectivity index (χ0) is 20.9. The minimum Gasteiger partial charge on any atom is -0.406 e. The van der Waals surface area contributed by atoms with E-state index in [0.29, 0.717) is 6.04 Å². The number of piperazine rings is 1. The highest BCUT2D eigenvalue weighted by Crippen LogP contribution is 2.34. The molecule has 160 valence electrons. The van der Waals surface area contributed by atoms with E-state index in [1.807, 2.05) is 0 Å². The molecule has 0 N–H and O–H groups in total. The highest BCUT2D eigenvalue weighted by molar-refractivity contribution is 5.29. The zero-order valence-corrected chi connectivity index (χ0v) is 17.9. The first-order chi connectivity index (χ1) is 13.1. The van der Waals surface area contributed by atoms with Crippen molar-refractivity contribution < 1.29 is 17.9 Å². The number of halogens is 3. The Labute approximate surface area is 167 Å². The maximum Gasteiger partial charge on any atom is 0.573 e. The molecular formula is C22H35F3N2O. The van der Waals surface area contributed by atoms with Crippen molar-refractivity contribution in [3.8, 4) is 5.75 Å². The summed E-state index contributed by atoms with van der Waals surface area (Å²) in [5.74, 6) is -0.161. The van der Waals surface area contributed by atoms with Crippen LogP contribution in [0.4, 0.5) is 13.2 Å². The van der Waals surface area contributed by atoms with Gasteiger partial charge < -0.3 is 4.74 Å². The van der Waals surface area contributed by atoms with Crippen LogP contribution in [-0.4, -0.2) is 47.4 Å². The second-order valence-corrected chi connectivity index (χ2v) is 8.16. The molecule has 0 unspecified atom stereocenters. The molecule has 0 aliphatic carbocycles. The Balaban J connectivity index is 2.14. The number of rotatable bonds is 8. The molecule has 2 atom stereocenters. The monoisotopic (exact) mass is 400 g/mol. The van der Waals surface area contributed by atoms with E-state index in [9.17, 15) is 13.2 Å². The molecule has 2 rings (SSSR count). The van der Waals surface area contributed by atoms with Crippen molar-refractivity contribution in [3.05, 3.63) is 29.8 Å². The number of ether oxygens (including phenoxy) is 1. The van der Waals surface area contributed by atoms with Gasteiger partial charge in [-0.2, -0.15) is 0 Å². The van der Waals surface area contributed by atoms with E-state index in [0.717, 1.165) is 50.9 Å². The first-order valence-electron chi connectivity index (χ1n) is 10.5. The lowest BCUT2D eigenvalue weighted by atomic mass is 9.90. The average molecular weight is 401 g/mol. The molecule has 1 aliphatic heterocycles. The minimum atomic E-state index is -4.65. The SMILES string of the molecule is CCC[C@@H](c1ccc(OC(F)(F)F)cc1)N1CCN(C(C)(CC)CC)C[C@@H]1C. The van der Waals surface area contributed by atoms with E-state index in [1.54, 1.807) is 12.1 Å². The minimum absolute atomic E-state index is 0.161. The van der Waals surface area contributed by atoms with Gasteiger partial charge >= 0.3 is 6.36 Å². The Morgan fingerprint density at radius 2 is 1.68 bits per heavy atom. The maximum atomic E-state index is 12.4. The van der Waals surface area contributed by atoms with E-state index in [2.05, 4.69) is 49.2 Å². The van der Waals surface area contributed by atoms with Crippen LogP contribution in [0.15, 0.2) is 24.3 Å². The summed E-state index contributed by atoms with van der Waals surface area (Å²) in [5.41, 5.74) is 1.29. The normalized spacial score (nSPS) is 20.9. The second kappa shape index (κ2) is 9.49. The Morgan fingerprint density at radius 3 is 2.14 bits per heavy atom. The van der Waals surface area contributed by atoms with E-state index in [-0.39, 0.29) is 17.3 Å². The third-order valence-electron chi connectivity index (χ3n) is 6.43. The van der Waals surface area contributed by atoms with Crippen LogP contribution in [0.25, 0.3) is 0 Å². The van der Waals surface area contributed by atoms with Crippen molar-refractivity contribution in [1.82, 2.24) is 9.80 Å². The van der Waals surface area contributed by atoms with Crippen molar-refractivity contribution in [2.24, 2.45) is 0 Å². The maximum absolute atomic E-state index is 12.4. The Morgan fingerprint density at radius 1 is 1.07 bits per heavy atom. The topological polar surface area (TPSA) is 15.7 Å². The molecule has 1 heterocycles. The molecule has 0 bridgehead atoms. The number of benzene rings is 1. The standard InChI is InChI=1S/C22H35F3N2O/c1-6-9-20(18-10-12-19(13-11-18)28-22(23,24)25)27-15-14-26(16-17(27)4)21(5,7-2)8-3/h10-13,17,20H,6-9,14-16H2,1-5H3/t17-,20-/m0/s1. The molecule has 0 saturated carbocycles. The molecule has 6 heteroatoms. The molecule has 1 fully saturated rings. The van der Waals surface area contributed by atoms with Crippen LogP contribution in [0.3, 0.4) is 0 Å². The van der Waals surface area contributed by atoms with E-state index in [1.165, 1.54) is 12.1 Å². The first kappa shape index (κ1) is 23.0. The van der Waals surface area contributed by atoms with Gasteiger partial charge in [0.2, 0.25) is 0 Å². The van der Waals surface area contributed by atoms with Gasteiger partial charge in [0.15, 0.2) is 0 Å². The Kier molecular flexibility index (Phi) is 7.80. The summed E-state index contributed by atoms with van der Waals surface area (Å²) in [7, 11) is 0. The van der Waals surface area contributed by atoms with Gasteiger partial charge in [-0.3, -0.25) is 9.80 Å². The van der Waals surface area contributed by atoms with Gasteiger partial charge in [0.1, 0.15) is 5.75 Å². The molecule has 28 heavy (non-hydrogen) atoms. The quantitative estimate of drug-likeness (QED) is 0.531. The summed E-state index contributed by atoms with van der Waals surface area (Å²) in [6.45, 7) is 14.3. The lowest BCUT2D eigenvalue weighted by Crippen LogP contribution is -2.59. The van der Waals surface area contributed by atoms with Gasteiger partial charge in [-0.15, -0.1) is 13.2 Å². The molecule has 1 saturated heterocycles. The molecule has 0 amide bonds. The van der Waals surface area contributed by atoms with Crippen molar-refractivity contribution >= 4 is 0 Å². The second-order valence-electron chi connectivity index (χ2n) is 8.16. The van der Waals surface area contributed by atoms with Crippen molar-refractivity contribution in [1.29, 1.82) is 0 Å². The fourth-order valence-electron chi connectivity index (χ4n) is 4.31. The number of hydrogen-bond acceptors (Lipinski definition) is 3. The van der Waals surface area contributed by atoms with Gasteiger partial charge in [0.25, 0.3) is 0 Å². The largest absolute Gasteiger partial charge is 0.573 e. The predicted molar refractivity (Wildman–Crippen MR) is 108 cm³/mol. The summed E-state index contributed by atoms with van der Waals surface area (Å²) in [6.07, 6.45) is -0.367. The summed E-state index contributed by atoms with van der Waals surface area (Å²) >= 11 is 0. The van der Waals surface area contributed by atoms with Crippen molar-refractivity contribution in [3.63, 3.8) is 0 Å². The van der Waals surface area contributed by atoms with Crippen LogP contribution >= 0.6 is 0 Å². The fourth-order valence-corrected chi connectivity index (χ4v) is 4.31.